The summed E-state index contributed by atoms with van der Waals surface area (Å²) in [6, 6.07) is 0. The Kier molecular flexibility index (Phi) is 2.90. The molecule has 0 spiro atoms. The van der Waals surface area contributed by atoms with Crippen LogP contribution in [0.1, 0.15) is 49.5 Å². The fourth-order valence-electron chi connectivity index (χ4n) is 2.91. The number of rotatable bonds is 1. The van der Waals surface area contributed by atoms with Crippen molar-refractivity contribution in [2.24, 2.45) is 0 Å². The molecule has 1 saturated heterocycles. The van der Waals surface area contributed by atoms with Gasteiger partial charge in [0.2, 0.25) is 0 Å². The number of aliphatic hydroxyl groups is 1. The van der Waals surface area contributed by atoms with Gasteiger partial charge in [-0.25, -0.2) is 8.42 Å². The van der Waals surface area contributed by atoms with Crippen LogP contribution in [0.2, 0.25) is 0 Å². The van der Waals surface area contributed by atoms with Crippen molar-refractivity contribution in [3.63, 3.8) is 0 Å². The smallest absolute Gasteiger partial charge is 0.151 e. The van der Waals surface area contributed by atoms with Crippen LogP contribution in [0.3, 0.4) is 0 Å². The van der Waals surface area contributed by atoms with Gasteiger partial charge in [0.05, 0.1) is 11.5 Å². The molecule has 3 rings (SSSR count). The lowest BCUT2D eigenvalue weighted by Crippen LogP contribution is -2.28. The highest BCUT2D eigenvalue weighted by Crippen LogP contribution is 2.31. The van der Waals surface area contributed by atoms with Gasteiger partial charge in [0.15, 0.2) is 9.84 Å². The maximum atomic E-state index is 11.7. The number of aliphatic hydroxyl groups excluding tert-OH is 1. The first-order valence-electron chi connectivity index (χ1n) is 6.39. The van der Waals surface area contributed by atoms with Crippen molar-refractivity contribution in [1.29, 1.82) is 0 Å². The Morgan fingerprint density at radius 3 is 2.83 bits per heavy atom. The number of sulfone groups is 1. The highest BCUT2D eigenvalue weighted by molar-refractivity contribution is 7.91. The molecule has 1 N–H and O–H groups in total. The topological polar surface area (TPSA) is 85.1 Å². The van der Waals surface area contributed by atoms with Gasteiger partial charge in [-0.15, -0.1) is 10.2 Å². The van der Waals surface area contributed by atoms with E-state index in [1.807, 2.05) is 0 Å². The van der Waals surface area contributed by atoms with Crippen LogP contribution in [-0.2, 0) is 16.3 Å². The third-order valence-electron chi connectivity index (χ3n) is 3.78. The summed E-state index contributed by atoms with van der Waals surface area (Å²) in [5, 5.41) is 18.2. The average Bonchev–Trinajstić information content (AvgIpc) is 2.73. The van der Waals surface area contributed by atoms with Gasteiger partial charge in [0, 0.05) is 12.3 Å². The number of aromatic nitrogens is 3. The van der Waals surface area contributed by atoms with Crippen molar-refractivity contribution in [2.75, 3.05) is 11.5 Å². The van der Waals surface area contributed by atoms with E-state index < -0.39 is 16.1 Å². The molecule has 1 fully saturated rings. The molecule has 0 aliphatic carbocycles. The summed E-state index contributed by atoms with van der Waals surface area (Å²) in [6.45, 7) is 0. The van der Waals surface area contributed by atoms with E-state index in [1.54, 1.807) is 4.57 Å². The predicted molar refractivity (Wildman–Crippen MR) is 64.8 cm³/mol. The van der Waals surface area contributed by atoms with Crippen molar-refractivity contribution >= 4 is 9.84 Å². The molecule has 1 aromatic heterocycles. The lowest BCUT2D eigenvalue weighted by molar-refractivity contribution is 0.0737. The monoisotopic (exact) mass is 271 g/mol. The molecular weight excluding hydrogens is 254 g/mol. The van der Waals surface area contributed by atoms with Gasteiger partial charge in [-0.3, -0.25) is 4.57 Å². The summed E-state index contributed by atoms with van der Waals surface area (Å²) in [7, 11) is -2.96. The highest BCUT2D eigenvalue weighted by atomic mass is 32.2. The molecule has 18 heavy (non-hydrogen) atoms. The van der Waals surface area contributed by atoms with Crippen LogP contribution in [0.5, 0.6) is 0 Å². The van der Waals surface area contributed by atoms with Crippen molar-refractivity contribution < 1.29 is 13.5 Å². The lowest BCUT2D eigenvalue weighted by atomic mass is 10.0. The van der Waals surface area contributed by atoms with Crippen molar-refractivity contribution in [1.82, 2.24) is 14.8 Å². The normalized spacial score (nSPS) is 30.9. The van der Waals surface area contributed by atoms with Crippen LogP contribution in [-0.4, -0.2) is 39.8 Å². The minimum absolute atomic E-state index is 0.113. The second-order valence-corrected chi connectivity index (χ2v) is 7.40. The van der Waals surface area contributed by atoms with Crippen molar-refractivity contribution in [2.45, 2.75) is 44.2 Å². The summed E-state index contributed by atoms with van der Waals surface area (Å²) in [6.07, 6.45) is 3.29. The fraction of sp³-hybridized carbons (Fsp3) is 0.818. The molecule has 6 nitrogen and oxygen atoms in total. The van der Waals surface area contributed by atoms with Crippen LogP contribution in [0, 0.1) is 0 Å². The Labute approximate surface area is 106 Å². The Morgan fingerprint density at radius 1 is 1.22 bits per heavy atom. The molecule has 2 atom stereocenters. The van der Waals surface area contributed by atoms with Gasteiger partial charge in [-0.05, 0) is 25.7 Å². The van der Waals surface area contributed by atoms with Gasteiger partial charge in [0.1, 0.15) is 17.9 Å². The molecule has 7 heteroatoms. The second-order valence-electron chi connectivity index (χ2n) is 5.17. The first-order valence-corrected chi connectivity index (χ1v) is 8.21. The Morgan fingerprint density at radius 2 is 2.06 bits per heavy atom. The molecule has 2 aliphatic rings. The largest absolute Gasteiger partial charge is 0.373 e. The molecule has 2 unspecified atom stereocenters. The van der Waals surface area contributed by atoms with E-state index in [-0.39, 0.29) is 17.4 Å². The number of aryl methyl sites for hydroxylation is 1. The van der Waals surface area contributed by atoms with Gasteiger partial charge in [0.25, 0.3) is 0 Å². The summed E-state index contributed by atoms with van der Waals surface area (Å²) in [5.74, 6) is 1.73. The maximum absolute atomic E-state index is 11.7. The first kappa shape index (κ1) is 12.1. The standard InChI is InChI=1S/C11H17N3O3S/c15-10-5-1-4-9-12-13-11(14(9)10)8-3-2-6-18(16,17)7-8/h8,10,15H,1-7H2. The van der Waals surface area contributed by atoms with Crippen LogP contribution in [0.25, 0.3) is 0 Å². The van der Waals surface area contributed by atoms with Crippen molar-refractivity contribution in [3.05, 3.63) is 11.6 Å². The zero-order chi connectivity index (χ0) is 12.8. The van der Waals surface area contributed by atoms with Crippen LogP contribution < -0.4 is 0 Å². The molecule has 3 heterocycles. The van der Waals surface area contributed by atoms with Crippen LogP contribution in [0.4, 0.5) is 0 Å². The number of hydrogen-bond acceptors (Lipinski definition) is 5. The van der Waals surface area contributed by atoms with Gasteiger partial charge in [-0.1, -0.05) is 0 Å². The Bertz CT molecular complexity index is 552. The predicted octanol–water partition coefficient (Wildman–Crippen LogP) is 0.397. The van der Waals surface area contributed by atoms with Gasteiger partial charge < -0.3 is 5.11 Å². The minimum Gasteiger partial charge on any atom is -0.373 e. The summed E-state index contributed by atoms with van der Waals surface area (Å²) in [4.78, 5) is 0. The number of nitrogens with zero attached hydrogens (tertiary/aromatic N) is 3. The van der Waals surface area contributed by atoms with E-state index in [2.05, 4.69) is 10.2 Å². The number of hydrogen-bond donors (Lipinski definition) is 1. The molecule has 0 radical (unpaired) electrons. The molecule has 100 valence electrons. The Balaban J connectivity index is 1.95. The summed E-state index contributed by atoms with van der Waals surface area (Å²) >= 11 is 0. The zero-order valence-corrected chi connectivity index (χ0v) is 10.9. The van der Waals surface area contributed by atoms with E-state index in [4.69, 9.17) is 0 Å². The first-order chi connectivity index (χ1) is 8.57. The third-order valence-corrected chi connectivity index (χ3v) is 5.60. The van der Waals surface area contributed by atoms with Gasteiger partial charge in [-0.2, -0.15) is 0 Å². The van der Waals surface area contributed by atoms with E-state index in [0.29, 0.717) is 18.7 Å². The van der Waals surface area contributed by atoms with E-state index in [9.17, 15) is 13.5 Å². The molecule has 0 saturated carbocycles. The average molecular weight is 271 g/mol. The maximum Gasteiger partial charge on any atom is 0.151 e. The van der Waals surface area contributed by atoms with E-state index in [0.717, 1.165) is 25.1 Å². The SMILES string of the molecule is O=S1(=O)CCCC(c2nnc3n2C(O)CCC3)C1. The Hall–Kier alpha value is -0.950. The zero-order valence-electron chi connectivity index (χ0n) is 10.1. The lowest BCUT2D eigenvalue weighted by Gasteiger charge is -2.26. The third kappa shape index (κ3) is 2.05. The summed E-state index contributed by atoms with van der Waals surface area (Å²) < 4.78 is 25.1. The minimum atomic E-state index is -2.96. The quantitative estimate of drug-likeness (QED) is 0.799. The second kappa shape index (κ2) is 4.31. The van der Waals surface area contributed by atoms with Crippen molar-refractivity contribution in [3.8, 4) is 0 Å². The molecule has 0 aromatic carbocycles. The highest BCUT2D eigenvalue weighted by Gasteiger charge is 2.32. The molecule has 2 aliphatic heterocycles. The molecule has 0 amide bonds. The van der Waals surface area contributed by atoms with E-state index >= 15 is 0 Å². The summed E-state index contributed by atoms with van der Waals surface area (Å²) in [5.41, 5.74) is 0. The number of fused-ring (bicyclic) bond motifs is 1. The van der Waals surface area contributed by atoms with Crippen LogP contribution in [0.15, 0.2) is 0 Å². The van der Waals surface area contributed by atoms with Gasteiger partial charge >= 0.3 is 0 Å². The molecule has 0 bridgehead atoms. The molecular formula is C11H17N3O3S. The van der Waals surface area contributed by atoms with E-state index in [1.165, 1.54) is 0 Å². The fourth-order valence-corrected chi connectivity index (χ4v) is 4.61. The molecule has 1 aromatic rings. The van der Waals surface area contributed by atoms with Crippen LogP contribution >= 0.6 is 0 Å².